The van der Waals surface area contributed by atoms with Crippen LogP contribution in [0.3, 0.4) is 0 Å². The normalized spacial score (nSPS) is 24.3. The van der Waals surface area contributed by atoms with Crippen LogP contribution < -0.4 is 5.32 Å². The number of ether oxygens (including phenoxy) is 3. The van der Waals surface area contributed by atoms with E-state index in [-0.39, 0.29) is 24.3 Å². The van der Waals surface area contributed by atoms with Gasteiger partial charge < -0.3 is 24.6 Å². The maximum absolute atomic E-state index is 12.3. The van der Waals surface area contributed by atoms with Gasteiger partial charge >= 0.3 is 0 Å². The Labute approximate surface area is 139 Å². The molecule has 0 saturated heterocycles. The van der Waals surface area contributed by atoms with Crippen molar-refractivity contribution in [2.45, 2.75) is 39.9 Å². The van der Waals surface area contributed by atoms with E-state index >= 15 is 0 Å². The lowest BCUT2D eigenvalue weighted by Crippen LogP contribution is -2.41. The van der Waals surface area contributed by atoms with Gasteiger partial charge in [0.25, 0.3) is 5.91 Å². The maximum Gasteiger partial charge on any atom is 0.286 e. The van der Waals surface area contributed by atoms with Crippen LogP contribution in [0.15, 0.2) is 11.8 Å². The van der Waals surface area contributed by atoms with Crippen molar-refractivity contribution in [1.29, 1.82) is 0 Å². The van der Waals surface area contributed by atoms with Crippen LogP contribution in [0.25, 0.3) is 0 Å². The van der Waals surface area contributed by atoms with Crippen molar-refractivity contribution >= 4 is 5.91 Å². The molecule has 2 N–H and O–H groups in total. The van der Waals surface area contributed by atoms with Crippen molar-refractivity contribution in [2.24, 2.45) is 17.8 Å². The van der Waals surface area contributed by atoms with E-state index in [4.69, 9.17) is 19.3 Å². The Morgan fingerprint density at radius 2 is 2.22 bits per heavy atom. The number of carbonyl (C=O) groups excluding carboxylic acids is 1. The van der Waals surface area contributed by atoms with Gasteiger partial charge in [-0.15, -0.1) is 0 Å². The summed E-state index contributed by atoms with van der Waals surface area (Å²) < 4.78 is 16.5. The molecule has 23 heavy (non-hydrogen) atoms. The minimum Gasteiger partial charge on any atom is -0.459 e. The summed E-state index contributed by atoms with van der Waals surface area (Å²) in [5.41, 5.74) is 0. The highest BCUT2D eigenvalue weighted by Crippen LogP contribution is 2.36. The molecule has 0 saturated carbocycles. The molecule has 0 unspecified atom stereocenters. The SMILES string of the molecule is CCO[C@H]1OC(C(=O)NCCOC)=C[C@@H](C(C)C)[C@H]1CCCO. The number of rotatable bonds is 10. The summed E-state index contributed by atoms with van der Waals surface area (Å²) >= 11 is 0. The fourth-order valence-electron chi connectivity index (χ4n) is 2.88. The second kappa shape index (κ2) is 10.6. The first-order chi connectivity index (χ1) is 11.0. The third-order valence-electron chi connectivity index (χ3n) is 4.04. The Morgan fingerprint density at radius 3 is 2.78 bits per heavy atom. The van der Waals surface area contributed by atoms with Crippen LogP contribution in [0.1, 0.15) is 33.6 Å². The topological polar surface area (TPSA) is 77.0 Å². The highest BCUT2D eigenvalue weighted by molar-refractivity contribution is 5.91. The number of amides is 1. The Balaban J connectivity index is 2.88. The molecule has 1 aliphatic rings. The Hall–Kier alpha value is -1.11. The zero-order valence-electron chi connectivity index (χ0n) is 14.7. The summed E-state index contributed by atoms with van der Waals surface area (Å²) in [5.74, 6) is 0.747. The van der Waals surface area contributed by atoms with Crippen molar-refractivity contribution in [2.75, 3.05) is 33.5 Å². The summed E-state index contributed by atoms with van der Waals surface area (Å²) in [4.78, 5) is 12.3. The van der Waals surface area contributed by atoms with Gasteiger partial charge in [-0.25, -0.2) is 0 Å². The van der Waals surface area contributed by atoms with E-state index in [9.17, 15) is 4.79 Å². The molecule has 0 aromatic carbocycles. The molecule has 6 heteroatoms. The fourth-order valence-corrected chi connectivity index (χ4v) is 2.88. The van der Waals surface area contributed by atoms with Crippen molar-refractivity contribution in [3.8, 4) is 0 Å². The number of carbonyl (C=O) groups is 1. The lowest BCUT2D eigenvalue weighted by molar-refractivity contribution is -0.175. The van der Waals surface area contributed by atoms with E-state index in [0.717, 1.165) is 6.42 Å². The molecule has 0 aromatic rings. The van der Waals surface area contributed by atoms with Gasteiger partial charge in [-0.3, -0.25) is 4.79 Å². The van der Waals surface area contributed by atoms with Crippen molar-refractivity contribution in [1.82, 2.24) is 5.32 Å². The predicted octanol–water partition coefficient (Wildman–Crippen LogP) is 1.69. The van der Waals surface area contributed by atoms with Gasteiger partial charge in [-0.05, 0) is 37.7 Å². The summed E-state index contributed by atoms with van der Waals surface area (Å²) in [7, 11) is 1.59. The molecule has 6 nitrogen and oxygen atoms in total. The largest absolute Gasteiger partial charge is 0.459 e. The highest BCUT2D eigenvalue weighted by Gasteiger charge is 2.38. The van der Waals surface area contributed by atoms with E-state index in [1.807, 2.05) is 13.0 Å². The number of nitrogens with one attached hydrogen (secondary N) is 1. The number of hydrogen-bond acceptors (Lipinski definition) is 5. The third-order valence-corrected chi connectivity index (χ3v) is 4.04. The Morgan fingerprint density at radius 1 is 1.48 bits per heavy atom. The average molecular weight is 329 g/mol. The first kappa shape index (κ1) is 19.9. The standard InChI is InChI=1S/C17H31NO5/c1-5-22-17-13(7-6-9-19)14(12(2)3)11-15(23-17)16(20)18-8-10-21-4/h11-14,17,19H,5-10H2,1-4H3,(H,18,20)/t13-,14+,17+/m1/s1. The van der Waals surface area contributed by atoms with E-state index in [2.05, 4.69) is 19.2 Å². The minimum atomic E-state index is -0.452. The molecule has 1 aliphatic heterocycles. The molecule has 0 bridgehead atoms. The van der Waals surface area contributed by atoms with Gasteiger partial charge in [0.2, 0.25) is 6.29 Å². The summed E-state index contributed by atoms with van der Waals surface area (Å²) in [5, 5.41) is 11.9. The molecule has 0 aromatic heterocycles. The van der Waals surface area contributed by atoms with Gasteiger partial charge in [0.15, 0.2) is 5.76 Å². The molecule has 3 atom stereocenters. The summed E-state index contributed by atoms with van der Waals surface area (Å²) in [6, 6.07) is 0. The summed E-state index contributed by atoms with van der Waals surface area (Å²) in [6.07, 6.45) is 2.96. The molecular weight excluding hydrogens is 298 g/mol. The van der Waals surface area contributed by atoms with Crippen LogP contribution >= 0.6 is 0 Å². The monoisotopic (exact) mass is 329 g/mol. The third kappa shape index (κ3) is 6.12. The van der Waals surface area contributed by atoms with Gasteiger partial charge in [-0.1, -0.05) is 13.8 Å². The molecule has 0 spiro atoms. The van der Waals surface area contributed by atoms with Crippen LogP contribution in [-0.2, 0) is 19.0 Å². The molecule has 1 heterocycles. The molecular formula is C17H31NO5. The molecule has 1 amide bonds. The van der Waals surface area contributed by atoms with Crippen LogP contribution in [0.4, 0.5) is 0 Å². The molecule has 0 aliphatic carbocycles. The number of allylic oxidation sites excluding steroid dienone is 1. The van der Waals surface area contributed by atoms with Gasteiger partial charge in [0.05, 0.1) is 6.61 Å². The van der Waals surface area contributed by atoms with E-state index in [0.29, 0.717) is 37.9 Å². The number of hydrogen-bond donors (Lipinski definition) is 2. The second-order valence-corrected chi connectivity index (χ2v) is 6.07. The van der Waals surface area contributed by atoms with E-state index in [1.54, 1.807) is 7.11 Å². The molecule has 0 radical (unpaired) electrons. The van der Waals surface area contributed by atoms with Crippen molar-refractivity contribution < 1.29 is 24.1 Å². The second-order valence-electron chi connectivity index (χ2n) is 6.07. The van der Waals surface area contributed by atoms with Crippen LogP contribution in [-0.4, -0.2) is 50.8 Å². The van der Waals surface area contributed by atoms with E-state index < -0.39 is 6.29 Å². The van der Waals surface area contributed by atoms with Gasteiger partial charge in [0, 0.05) is 32.8 Å². The molecule has 1 rings (SSSR count). The summed E-state index contributed by atoms with van der Waals surface area (Å²) in [6.45, 7) is 7.73. The predicted molar refractivity (Wildman–Crippen MR) is 87.6 cm³/mol. The Bertz CT molecular complexity index is 383. The smallest absolute Gasteiger partial charge is 0.286 e. The van der Waals surface area contributed by atoms with Gasteiger partial charge in [-0.2, -0.15) is 0 Å². The highest BCUT2D eigenvalue weighted by atomic mass is 16.7. The van der Waals surface area contributed by atoms with Gasteiger partial charge in [0.1, 0.15) is 0 Å². The van der Waals surface area contributed by atoms with Crippen LogP contribution in [0.2, 0.25) is 0 Å². The first-order valence-electron chi connectivity index (χ1n) is 8.43. The quantitative estimate of drug-likeness (QED) is 0.596. The van der Waals surface area contributed by atoms with E-state index in [1.165, 1.54) is 0 Å². The molecule has 134 valence electrons. The van der Waals surface area contributed by atoms with Crippen LogP contribution in [0, 0.1) is 17.8 Å². The first-order valence-corrected chi connectivity index (χ1v) is 8.43. The van der Waals surface area contributed by atoms with Crippen molar-refractivity contribution in [3.05, 3.63) is 11.8 Å². The van der Waals surface area contributed by atoms with Crippen LogP contribution in [0.5, 0.6) is 0 Å². The zero-order valence-corrected chi connectivity index (χ0v) is 14.7. The Kier molecular flexibility index (Phi) is 9.21. The maximum atomic E-state index is 12.3. The minimum absolute atomic E-state index is 0.137. The lowest BCUT2D eigenvalue weighted by Gasteiger charge is -2.38. The lowest BCUT2D eigenvalue weighted by atomic mass is 9.78. The number of aliphatic hydroxyl groups excluding tert-OH is 1. The number of aliphatic hydroxyl groups is 1. The molecule has 0 fully saturated rings. The average Bonchev–Trinajstić information content (AvgIpc) is 2.53. The fraction of sp³-hybridized carbons (Fsp3) is 0.824. The number of methoxy groups -OCH3 is 1. The van der Waals surface area contributed by atoms with Crippen molar-refractivity contribution in [3.63, 3.8) is 0 Å². The zero-order chi connectivity index (χ0) is 17.2.